The topological polar surface area (TPSA) is 78.9 Å². The van der Waals surface area contributed by atoms with Crippen molar-refractivity contribution in [3.8, 4) is 6.07 Å². The number of amides is 1. The van der Waals surface area contributed by atoms with Crippen molar-refractivity contribution in [2.45, 2.75) is 6.54 Å². The van der Waals surface area contributed by atoms with E-state index in [0.717, 1.165) is 10.0 Å². The maximum atomic E-state index is 11.3. The van der Waals surface area contributed by atoms with Crippen molar-refractivity contribution in [2.75, 3.05) is 5.32 Å². The molecule has 2 rings (SSSR count). The third-order valence-corrected chi connectivity index (χ3v) is 3.35. The minimum atomic E-state index is -0.461. The number of halogens is 1. The second kappa shape index (κ2) is 6.22. The third-order valence-electron chi connectivity index (χ3n) is 2.85. The lowest BCUT2D eigenvalue weighted by atomic mass is 10.1. The molecule has 0 heterocycles. The first kappa shape index (κ1) is 14.1. The fourth-order valence-electron chi connectivity index (χ4n) is 1.87. The summed E-state index contributed by atoms with van der Waals surface area (Å²) in [5.74, 6) is -0.461. The van der Waals surface area contributed by atoms with Crippen molar-refractivity contribution in [2.24, 2.45) is 5.73 Å². The van der Waals surface area contributed by atoms with Crippen LogP contribution < -0.4 is 11.1 Å². The van der Waals surface area contributed by atoms with E-state index in [0.29, 0.717) is 23.4 Å². The van der Waals surface area contributed by atoms with E-state index in [4.69, 9.17) is 11.0 Å². The zero-order chi connectivity index (χ0) is 14.5. The number of benzene rings is 2. The SMILES string of the molecule is N#Cc1ccc(Br)cc1NCc1ccccc1C(N)=O. The van der Waals surface area contributed by atoms with Crippen LogP contribution in [-0.2, 0) is 6.54 Å². The van der Waals surface area contributed by atoms with Gasteiger partial charge in [0.15, 0.2) is 0 Å². The monoisotopic (exact) mass is 329 g/mol. The lowest BCUT2D eigenvalue weighted by Crippen LogP contribution is -2.15. The van der Waals surface area contributed by atoms with E-state index in [1.165, 1.54) is 0 Å². The van der Waals surface area contributed by atoms with E-state index in [1.807, 2.05) is 18.2 Å². The zero-order valence-electron chi connectivity index (χ0n) is 10.6. The predicted octanol–water partition coefficient (Wildman–Crippen LogP) is 3.03. The molecule has 0 aromatic heterocycles. The van der Waals surface area contributed by atoms with Gasteiger partial charge in [0.1, 0.15) is 6.07 Å². The molecular formula is C15H12BrN3O. The van der Waals surface area contributed by atoms with Crippen LogP contribution in [-0.4, -0.2) is 5.91 Å². The van der Waals surface area contributed by atoms with E-state index in [-0.39, 0.29) is 0 Å². The standard InChI is InChI=1S/C15H12BrN3O/c16-12-6-5-10(8-17)14(7-12)19-9-11-3-1-2-4-13(11)15(18)20/h1-7,19H,9H2,(H2,18,20). The molecule has 0 bridgehead atoms. The second-order valence-corrected chi connectivity index (χ2v) is 5.09. The van der Waals surface area contributed by atoms with Gasteiger partial charge in [0.2, 0.25) is 5.91 Å². The number of hydrogen-bond acceptors (Lipinski definition) is 3. The normalized spacial score (nSPS) is 9.80. The Balaban J connectivity index is 2.24. The summed E-state index contributed by atoms with van der Waals surface area (Å²) in [7, 11) is 0. The molecule has 4 nitrogen and oxygen atoms in total. The summed E-state index contributed by atoms with van der Waals surface area (Å²) in [5, 5.41) is 12.2. The number of nitrogens with zero attached hydrogens (tertiary/aromatic N) is 1. The number of carbonyl (C=O) groups excluding carboxylic acids is 1. The van der Waals surface area contributed by atoms with Gasteiger partial charge in [0.05, 0.1) is 11.3 Å². The van der Waals surface area contributed by atoms with Crippen molar-refractivity contribution in [3.63, 3.8) is 0 Å². The Morgan fingerprint density at radius 1 is 1.30 bits per heavy atom. The molecule has 0 fully saturated rings. The highest BCUT2D eigenvalue weighted by Crippen LogP contribution is 2.22. The molecule has 0 saturated carbocycles. The van der Waals surface area contributed by atoms with Crippen LogP contribution in [0.4, 0.5) is 5.69 Å². The molecule has 0 aliphatic rings. The van der Waals surface area contributed by atoms with Gasteiger partial charge in [-0.25, -0.2) is 0 Å². The number of anilines is 1. The van der Waals surface area contributed by atoms with E-state index < -0.39 is 5.91 Å². The third kappa shape index (κ3) is 3.16. The molecule has 0 atom stereocenters. The van der Waals surface area contributed by atoms with Crippen LogP contribution in [0.5, 0.6) is 0 Å². The van der Waals surface area contributed by atoms with Gasteiger partial charge in [-0.15, -0.1) is 0 Å². The van der Waals surface area contributed by atoms with E-state index in [9.17, 15) is 4.79 Å². The van der Waals surface area contributed by atoms with Crippen LogP contribution in [0.15, 0.2) is 46.9 Å². The number of nitrogens with one attached hydrogen (secondary N) is 1. The summed E-state index contributed by atoms with van der Waals surface area (Å²) >= 11 is 3.37. The van der Waals surface area contributed by atoms with Gasteiger partial charge in [-0.1, -0.05) is 34.1 Å². The van der Waals surface area contributed by atoms with Gasteiger partial charge < -0.3 is 11.1 Å². The lowest BCUT2D eigenvalue weighted by Gasteiger charge is -2.11. The number of nitriles is 1. The summed E-state index contributed by atoms with van der Waals surface area (Å²) in [6.45, 7) is 0.421. The molecule has 0 saturated heterocycles. The molecule has 0 radical (unpaired) electrons. The van der Waals surface area contributed by atoms with Gasteiger partial charge in [-0.3, -0.25) is 4.79 Å². The molecule has 0 spiro atoms. The minimum Gasteiger partial charge on any atom is -0.380 e. The van der Waals surface area contributed by atoms with Crippen molar-refractivity contribution in [1.29, 1.82) is 5.26 Å². The summed E-state index contributed by atoms with van der Waals surface area (Å²) < 4.78 is 0.877. The average molecular weight is 330 g/mol. The summed E-state index contributed by atoms with van der Waals surface area (Å²) in [4.78, 5) is 11.3. The minimum absolute atomic E-state index is 0.421. The largest absolute Gasteiger partial charge is 0.380 e. The summed E-state index contributed by atoms with van der Waals surface area (Å²) in [6, 6.07) is 14.6. The van der Waals surface area contributed by atoms with Gasteiger partial charge in [0.25, 0.3) is 0 Å². The first-order valence-electron chi connectivity index (χ1n) is 5.93. The zero-order valence-corrected chi connectivity index (χ0v) is 12.1. The van der Waals surface area contributed by atoms with Crippen molar-refractivity contribution in [1.82, 2.24) is 0 Å². The van der Waals surface area contributed by atoms with Crippen LogP contribution in [0.25, 0.3) is 0 Å². The van der Waals surface area contributed by atoms with Gasteiger partial charge in [0, 0.05) is 16.6 Å². The van der Waals surface area contributed by atoms with Crippen LogP contribution in [0.2, 0.25) is 0 Å². The van der Waals surface area contributed by atoms with Crippen molar-refractivity contribution in [3.05, 3.63) is 63.6 Å². The molecule has 1 amide bonds. The number of primary amides is 1. The highest BCUT2D eigenvalue weighted by molar-refractivity contribution is 9.10. The van der Waals surface area contributed by atoms with Crippen LogP contribution >= 0.6 is 15.9 Å². The molecule has 20 heavy (non-hydrogen) atoms. The van der Waals surface area contributed by atoms with Gasteiger partial charge in [-0.2, -0.15) is 5.26 Å². The molecule has 2 aromatic carbocycles. The van der Waals surface area contributed by atoms with Crippen molar-refractivity contribution < 1.29 is 4.79 Å². The molecule has 2 aromatic rings. The quantitative estimate of drug-likeness (QED) is 0.904. The van der Waals surface area contributed by atoms with Gasteiger partial charge >= 0.3 is 0 Å². The number of hydrogen-bond donors (Lipinski definition) is 2. The van der Waals surface area contributed by atoms with E-state index >= 15 is 0 Å². The highest BCUT2D eigenvalue weighted by Gasteiger charge is 2.08. The molecule has 0 aliphatic heterocycles. The van der Waals surface area contributed by atoms with Crippen molar-refractivity contribution >= 4 is 27.5 Å². The molecular weight excluding hydrogens is 318 g/mol. The first-order valence-corrected chi connectivity index (χ1v) is 6.72. The maximum Gasteiger partial charge on any atom is 0.249 e. The Kier molecular flexibility index (Phi) is 4.38. The van der Waals surface area contributed by atoms with Crippen LogP contribution in [0.1, 0.15) is 21.5 Å². The fourth-order valence-corrected chi connectivity index (χ4v) is 2.23. The smallest absolute Gasteiger partial charge is 0.249 e. The molecule has 100 valence electrons. The fraction of sp³-hybridized carbons (Fsp3) is 0.0667. The Morgan fingerprint density at radius 2 is 2.05 bits per heavy atom. The maximum absolute atomic E-state index is 11.3. The Morgan fingerprint density at radius 3 is 2.75 bits per heavy atom. The second-order valence-electron chi connectivity index (χ2n) is 4.18. The molecule has 5 heteroatoms. The molecule has 0 unspecified atom stereocenters. The highest BCUT2D eigenvalue weighted by atomic mass is 79.9. The Labute approximate surface area is 125 Å². The Hall–Kier alpha value is -2.32. The average Bonchev–Trinajstić information content (AvgIpc) is 2.45. The number of rotatable bonds is 4. The number of carbonyl (C=O) groups is 1. The van der Waals surface area contributed by atoms with Crippen LogP contribution in [0.3, 0.4) is 0 Å². The lowest BCUT2D eigenvalue weighted by molar-refractivity contribution is 0.0999. The first-order chi connectivity index (χ1) is 9.61. The predicted molar refractivity (Wildman–Crippen MR) is 81.1 cm³/mol. The van der Waals surface area contributed by atoms with Gasteiger partial charge in [-0.05, 0) is 29.8 Å². The molecule has 3 N–H and O–H groups in total. The number of nitrogens with two attached hydrogens (primary N) is 1. The van der Waals surface area contributed by atoms with Crippen LogP contribution in [0, 0.1) is 11.3 Å². The summed E-state index contributed by atoms with van der Waals surface area (Å²) in [5.41, 5.74) is 7.87. The van der Waals surface area contributed by atoms with E-state index in [2.05, 4.69) is 27.3 Å². The molecule has 0 aliphatic carbocycles. The summed E-state index contributed by atoms with van der Waals surface area (Å²) in [6.07, 6.45) is 0. The van der Waals surface area contributed by atoms with E-state index in [1.54, 1.807) is 24.3 Å². The Bertz CT molecular complexity index is 692.